The Morgan fingerprint density at radius 2 is 2.18 bits per heavy atom. The molecule has 1 fully saturated rings. The summed E-state index contributed by atoms with van der Waals surface area (Å²) in [6.07, 6.45) is 8.42. The molecule has 0 radical (unpaired) electrons. The Kier molecular flexibility index (Phi) is 4.54. The standard InChI is InChI=1S/C13H24N4/c1-3-11-7-5-6-8-12(11)14-9-13-15-10-16-17(13)4-2/h10-12,14H,3-9H2,1-2H3. The number of rotatable bonds is 5. The SMILES string of the molecule is CCC1CCCCC1NCc1ncnn1CC. The van der Waals surface area contributed by atoms with Crippen LogP contribution in [0.4, 0.5) is 0 Å². The number of aromatic nitrogens is 3. The molecule has 2 rings (SSSR count). The molecule has 1 saturated carbocycles. The van der Waals surface area contributed by atoms with Crippen molar-refractivity contribution < 1.29 is 0 Å². The van der Waals surface area contributed by atoms with Gasteiger partial charge in [0.1, 0.15) is 12.2 Å². The highest BCUT2D eigenvalue weighted by molar-refractivity contribution is 4.87. The molecule has 0 aromatic carbocycles. The van der Waals surface area contributed by atoms with Crippen molar-refractivity contribution in [3.63, 3.8) is 0 Å². The predicted molar refractivity (Wildman–Crippen MR) is 68.6 cm³/mol. The lowest BCUT2D eigenvalue weighted by Crippen LogP contribution is -2.38. The lowest BCUT2D eigenvalue weighted by atomic mass is 9.83. The smallest absolute Gasteiger partial charge is 0.140 e. The molecule has 1 aromatic heterocycles. The molecule has 0 amide bonds. The summed E-state index contributed by atoms with van der Waals surface area (Å²) in [6, 6.07) is 0.677. The highest BCUT2D eigenvalue weighted by Crippen LogP contribution is 2.26. The van der Waals surface area contributed by atoms with E-state index < -0.39 is 0 Å². The van der Waals surface area contributed by atoms with Crippen LogP contribution in [0.2, 0.25) is 0 Å². The van der Waals surface area contributed by atoms with E-state index in [2.05, 4.69) is 29.2 Å². The predicted octanol–water partition coefficient (Wildman–Crippen LogP) is 2.36. The van der Waals surface area contributed by atoms with E-state index >= 15 is 0 Å². The van der Waals surface area contributed by atoms with E-state index in [9.17, 15) is 0 Å². The zero-order valence-electron chi connectivity index (χ0n) is 11.0. The Morgan fingerprint density at radius 1 is 1.35 bits per heavy atom. The number of aryl methyl sites for hydroxylation is 1. The number of nitrogens with zero attached hydrogens (tertiary/aromatic N) is 3. The normalized spacial score (nSPS) is 25.1. The molecular weight excluding hydrogens is 212 g/mol. The van der Waals surface area contributed by atoms with E-state index in [0.717, 1.165) is 24.8 Å². The second-order valence-corrected chi connectivity index (χ2v) is 4.93. The molecule has 1 aliphatic rings. The lowest BCUT2D eigenvalue weighted by molar-refractivity contribution is 0.252. The number of hydrogen-bond acceptors (Lipinski definition) is 3. The Balaban J connectivity index is 1.88. The minimum atomic E-state index is 0.677. The quantitative estimate of drug-likeness (QED) is 0.853. The third-order valence-electron chi connectivity index (χ3n) is 3.95. The molecule has 1 heterocycles. The van der Waals surface area contributed by atoms with Gasteiger partial charge in [-0.1, -0.05) is 26.2 Å². The first-order chi connectivity index (χ1) is 8.35. The van der Waals surface area contributed by atoms with Crippen LogP contribution in [0.15, 0.2) is 6.33 Å². The van der Waals surface area contributed by atoms with Crippen LogP contribution in [0.1, 0.15) is 51.8 Å². The van der Waals surface area contributed by atoms with Crippen LogP contribution in [-0.2, 0) is 13.1 Å². The molecular formula is C13H24N4. The first-order valence-electron chi connectivity index (χ1n) is 6.95. The topological polar surface area (TPSA) is 42.7 Å². The summed E-state index contributed by atoms with van der Waals surface area (Å²) in [7, 11) is 0. The van der Waals surface area contributed by atoms with Gasteiger partial charge in [0.15, 0.2) is 0 Å². The summed E-state index contributed by atoms with van der Waals surface area (Å²) in [5.74, 6) is 1.91. The molecule has 96 valence electrons. The molecule has 1 aromatic rings. The van der Waals surface area contributed by atoms with Crippen LogP contribution in [0.5, 0.6) is 0 Å². The maximum absolute atomic E-state index is 4.31. The van der Waals surface area contributed by atoms with Crippen LogP contribution in [0.3, 0.4) is 0 Å². The summed E-state index contributed by atoms with van der Waals surface area (Å²) in [6.45, 7) is 6.17. The zero-order chi connectivity index (χ0) is 12.1. The first kappa shape index (κ1) is 12.6. The minimum absolute atomic E-state index is 0.677. The van der Waals surface area contributed by atoms with Gasteiger partial charge in [-0.25, -0.2) is 9.67 Å². The van der Waals surface area contributed by atoms with E-state index in [0.29, 0.717) is 6.04 Å². The molecule has 2 atom stereocenters. The summed E-state index contributed by atoms with van der Waals surface area (Å²) < 4.78 is 1.97. The Bertz CT molecular complexity index is 334. The minimum Gasteiger partial charge on any atom is -0.307 e. The lowest BCUT2D eigenvalue weighted by Gasteiger charge is -2.31. The molecule has 4 nitrogen and oxygen atoms in total. The second kappa shape index (κ2) is 6.15. The Morgan fingerprint density at radius 3 is 2.94 bits per heavy atom. The van der Waals surface area contributed by atoms with E-state index in [4.69, 9.17) is 0 Å². The largest absolute Gasteiger partial charge is 0.307 e. The van der Waals surface area contributed by atoms with Gasteiger partial charge in [-0.05, 0) is 25.7 Å². The summed E-state index contributed by atoms with van der Waals surface area (Å²) in [5, 5.41) is 7.88. The molecule has 0 spiro atoms. The second-order valence-electron chi connectivity index (χ2n) is 4.93. The van der Waals surface area contributed by atoms with Gasteiger partial charge in [0.2, 0.25) is 0 Å². The number of hydrogen-bond donors (Lipinski definition) is 1. The third kappa shape index (κ3) is 3.06. The number of nitrogens with one attached hydrogen (secondary N) is 1. The molecule has 17 heavy (non-hydrogen) atoms. The average Bonchev–Trinajstić information content (AvgIpc) is 2.84. The van der Waals surface area contributed by atoms with Crippen LogP contribution >= 0.6 is 0 Å². The van der Waals surface area contributed by atoms with Crippen molar-refractivity contribution >= 4 is 0 Å². The van der Waals surface area contributed by atoms with Gasteiger partial charge < -0.3 is 5.32 Å². The van der Waals surface area contributed by atoms with Gasteiger partial charge in [0, 0.05) is 12.6 Å². The van der Waals surface area contributed by atoms with Crippen molar-refractivity contribution in [2.45, 2.75) is 65.1 Å². The fourth-order valence-electron chi connectivity index (χ4n) is 2.88. The fraction of sp³-hybridized carbons (Fsp3) is 0.846. The van der Waals surface area contributed by atoms with Crippen LogP contribution in [0.25, 0.3) is 0 Å². The van der Waals surface area contributed by atoms with Gasteiger partial charge in [-0.2, -0.15) is 5.10 Å². The maximum Gasteiger partial charge on any atom is 0.140 e. The van der Waals surface area contributed by atoms with Crippen LogP contribution in [0, 0.1) is 5.92 Å². The van der Waals surface area contributed by atoms with Crippen molar-refractivity contribution in [3.05, 3.63) is 12.2 Å². The van der Waals surface area contributed by atoms with Crippen molar-refractivity contribution in [1.29, 1.82) is 0 Å². The van der Waals surface area contributed by atoms with E-state index in [1.807, 2.05) is 4.68 Å². The fourth-order valence-corrected chi connectivity index (χ4v) is 2.88. The summed E-state index contributed by atoms with van der Waals surface area (Å²) in [5.41, 5.74) is 0. The molecule has 4 heteroatoms. The van der Waals surface area contributed by atoms with Gasteiger partial charge in [-0.15, -0.1) is 0 Å². The first-order valence-corrected chi connectivity index (χ1v) is 6.95. The van der Waals surface area contributed by atoms with Gasteiger partial charge in [-0.3, -0.25) is 0 Å². The molecule has 0 saturated heterocycles. The highest BCUT2D eigenvalue weighted by atomic mass is 15.3. The van der Waals surface area contributed by atoms with Crippen molar-refractivity contribution in [1.82, 2.24) is 20.1 Å². The summed E-state index contributed by atoms with van der Waals surface area (Å²) >= 11 is 0. The van der Waals surface area contributed by atoms with Gasteiger partial charge in [0.25, 0.3) is 0 Å². The summed E-state index contributed by atoms with van der Waals surface area (Å²) in [4.78, 5) is 4.31. The van der Waals surface area contributed by atoms with E-state index in [1.165, 1.54) is 32.1 Å². The molecule has 2 unspecified atom stereocenters. The average molecular weight is 236 g/mol. The maximum atomic E-state index is 4.31. The molecule has 1 aliphatic carbocycles. The van der Waals surface area contributed by atoms with Gasteiger partial charge in [0.05, 0.1) is 6.54 Å². The van der Waals surface area contributed by atoms with Crippen LogP contribution in [-0.4, -0.2) is 20.8 Å². The van der Waals surface area contributed by atoms with E-state index in [1.54, 1.807) is 6.33 Å². The molecule has 1 N–H and O–H groups in total. The zero-order valence-corrected chi connectivity index (χ0v) is 11.0. The van der Waals surface area contributed by atoms with Gasteiger partial charge >= 0.3 is 0 Å². The van der Waals surface area contributed by atoms with Crippen molar-refractivity contribution in [2.75, 3.05) is 0 Å². The van der Waals surface area contributed by atoms with Crippen LogP contribution < -0.4 is 5.32 Å². The van der Waals surface area contributed by atoms with Crippen molar-refractivity contribution in [3.8, 4) is 0 Å². The third-order valence-corrected chi connectivity index (χ3v) is 3.95. The highest BCUT2D eigenvalue weighted by Gasteiger charge is 2.23. The Labute approximate surface area is 104 Å². The van der Waals surface area contributed by atoms with E-state index in [-0.39, 0.29) is 0 Å². The molecule has 0 aliphatic heterocycles. The monoisotopic (exact) mass is 236 g/mol. The Hall–Kier alpha value is -0.900. The van der Waals surface area contributed by atoms with Crippen molar-refractivity contribution in [2.24, 2.45) is 5.92 Å². The molecule has 0 bridgehead atoms.